The van der Waals surface area contributed by atoms with Gasteiger partial charge >= 0.3 is 0 Å². The molecule has 0 aromatic carbocycles. The van der Waals surface area contributed by atoms with Crippen LogP contribution in [0.5, 0.6) is 0 Å². The van der Waals surface area contributed by atoms with Crippen LogP contribution in [0.1, 0.15) is 35.5 Å². The fourth-order valence-corrected chi connectivity index (χ4v) is 4.45. The second-order valence-corrected chi connectivity index (χ2v) is 8.03. The van der Waals surface area contributed by atoms with Crippen LogP contribution >= 0.6 is 11.3 Å². The fraction of sp³-hybridized carbons (Fsp3) is 0.588. The van der Waals surface area contributed by atoms with E-state index in [2.05, 4.69) is 15.3 Å². The number of carbonyl (C=O) groups excluding carboxylic acids is 1. The SMILES string of the molecule is Cn1cncc1-c1csc(C(=O)NC2CCC(N3CC(F)(F)C3)CC2)n1. The number of amides is 1. The molecule has 4 rings (SSSR count). The topological polar surface area (TPSA) is 63.1 Å². The lowest BCUT2D eigenvalue weighted by Gasteiger charge is -2.46. The summed E-state index contributed by atoms with van der Waals surface area (Å²) in [6, 6.07) is 0.309. The molecule has 140 valence electrons. The van der Waals surface area contributed by atoms with Gasteiger partial charge in [-0.15, -0.1) is 11.3 Å². The first-order chi connectivity index (χ1) is 12.4. The van der Waals surface area contributed by atoms with E-state index in [0.29, 0.717) is 5.01 Å². The molecule has 3 heterocycles. The molecule has 1 saturated carbocycles. The summed E-state index contributed by atoms with van der Waals surface area (Å²) in [6.07, 6.45) is 6.74. The van der Waals surface area contributed by atoms with Crippen molar-refractivity contribution in [2.75, 3.05) is 13.1 Å². The Balaban J connectivity index is 1.29. The third-order valence-electron chi connectivity index (χ3n) is 5.19. The van der Waals surface area contributed by atoms with Crippen LogP contribution < -0.4 is 5.32 Å². The molecule has 26 heavy (non-hydrogen) atoms. The van der Waals surface area contributed by atoms with Crippen molar-refractivity contribution in [2.24, 2.45) is 7.05 Å². The number of imidazole rings is 1. The van der Waals surface area contributed by atoms with E-state index in [-0.39, 0.29) is 31.1 Å². The predicted octanol–water partition coefficient (Wildman–Crippen LogP) is 2.54. The van der Waals surface area contributed by atoms with Crippen LogP contribution in [-0.2, 0) is 7.05 Å². The minimum atomic E-state index is -2.51. The van der Waals surface area contributed by atoms with Crippen molar-refractivity contribution in [3.8, 4) is 11.4 Å². The maximum atomic E-state index is 13.0. The molecule has 2 fully saturated rings. The molecular formula is C17H21F2N5OS. The van der Waals surface area contributed by atoms with Gasteiger partial charge in [0.15, 0.2) is 5.01 Å². The van der Waals surface area contributed by atoms with Gasteiger partial charge in [0.1, 0.15) is 5.69 Å². The van der Waals surface area contributed by atoms with Gasteiger partial charge in [0.05, 0.1) is 31.3 Å². The molecule has 1 saturated heterocycles. The molecule has 2 aliphatic rings. The highest BCUT2D eigenvalue weighted by Gasteiger charge is 2.47. The lowest BCUT2D eigenvalue weighted by atomic mass is 9.88. The summed E-state index contributed by atoms with van der Waals surface area (Å²) in [7, 11) is 1.88. The molecule has 1 aliphatic carbocycles. The zero-order valence-electron chi connectivity index (χ0n) is 14.5. The van der Waals surface area contributed by atoms with Gasteiger partial charge in [-0.05, 0) is 25.7 Å². The lowest BCUT2D eigenvalue weighted by molar-refractivity contribution is -0.150. The summed E-state index contributed by atoms with van der Waals surface area (Å²) in [4.78, 5) is 22.8. The number of aryl methyl sites for hydroxylation is 1. The molecule has 2 aromatic heterocycles. The molecular weight excluding hydrogens is 360 g/mol. The number of alkyl halides is 2. The van der Waals surface area contributed by atoms with Crippen molar-refractivity contribution in [1.29, 1.82) is 0 Å². The molecule has 6 nitrogen and oxygen atoms in total. The van der Waals surface area contributed by atoms with Crippen LogP contribution in [0, 0.1) is 0 Å². The quantitative estimate of drug-likeness (QED) is 0.884. The Kier molecular flexibility index (Phi) is 4.52. The summed E-state index contributed by atoms with van der Waals surface area (Å²) in [6.45, 7) is -0.241. The highest BCUT2D eigenvalue weighted by Crippen LogP contribution is 2.33. The van der Waals surface area contributed by atoms with E-state index in [4.69, 9.17) is 0 Å². The van der Waals surface area contributed by atoms with Crippen LogP contribution in [0.2, 0.25) is 0 Å². The van der Waals surface area contributed by atoms with E-state index < -0.39 is 5.92 Å². The predicted molar refractivity (Wildman–Crippen MR) is 94.3 cm³/mol. The van der Waals surface area contributed by atoms with E-state index in [0.717, 1.165) is 37.1 Å². The third-order valence-corrected chi connectivity index (χ3v) is 6.04. The molecule has 0 unspecified atom stereocenters. The van der Waals surface area contributed by atoms with Crippen LogP contribution in [0.4, 0.5) is 8.78 Å². The van der Waals surface area contributed by atoms with Crippen LogP contribution in [0.15, 0.2) is 17.9 Å². The summed E-state index contributed by atoms with van der Waals surface area (Å²) >= 11 is 1.32. The number of nitrogens with zero attached hydrogens (tertiary/aromatic N) is 4. The summed E-state index contributed by atoms with van der Waals surface area (Å²) < 4.78 is 27.9. The van der Waals surface area contributed by atoms with Gasteiger partial charge in [-0.25, -0.2) is 18.7 Å². The van der Waals surface area contributed by atoms with E-state index in [1.54, 1.807) is 12.5 Å². The zero-order valence-corrected chi connectivity index (χ0v) is 15.3. The Bertz CT molecular complexity index is 789. The molecule has 1 amide bonds. The number of hydrogen-bond acceptors (Lipinski definition) is 5. The Morgan fingerprint density at radius 2 is 2.04 bits per heavy atom. The highest BCUT2D eigenvalue weighted by atomic mass is 32.1. The minimum Gasteiger partial charge on any atom is -0.347 e. The Morgan fingerprint density at radius 1 is 1.31 bits per heavy atom. The Morgan fingerprint density at radius 3 is 2.65 bits per heavy atom. The van der Waals surface area contributed by atoms with Crippen molar-refractivity contribution in [3.05, 3.63) is 22.9 Å². The first-order valence-corrected chi connectivity index (χ1v) is 9.64. The first kappa shape index (κ1) is 17.5. The van der Waals surface area contributed by atoms with Gasteiger partial charge in [-0.1, -0.05) is 0 Å². The van der Waals surface area contributed by atoms with E-state index in [9.17, 15) is 13.6 Å². The number of aromatic nitrogens is 3. The standard InChI is InChI=1S/C17H21F2N5OS/c1-23-10-20-6-14(23)13-7-26-16(22-13)15(25)21-11-2-4-12(5-3-11)24-8-17(18,19)9-24/h6-7,10-12H,2-5,8-9H2,1H3,(H,21,25). The maximum Gasteiger partial charge on any atom is 0.280 e. The molecule has 9 heteroatoms. The van der Waals surface area contributed by atoms with Crippen LogP contribution in [-0.4, -0.2) is 56.4 Å². The number of hydrogen-bond donors (Lipinski definition) is 1. The second-order valence-electron chi connectivity index (χ2n) is 7.17. The van der Waals surface area contributed by atoms with E-state index in [1.165, 1.54) is 11.3 Å². The summed E-state index contributed by atoms with van der Waals surface area (Å²) in [5.41, 5.74) is 1.61. The molecule has 1 aliphatic heterocycles. The van der Waals surface area contributed by atoms with Gasteiger partial charge in [-0.2, -0.15) is 0 Å². The number of likely N-dealkylation sites (tertiary alicyclic amines) is 1. The largest absolute Gasteiger partial charge is 0.347 e. The number of halogens is 2. The van der Waals surface area contributed by atoms with Gasteiger partial charge in [0.25, 0.3) is 11.8 Å². The summed E-state index contributed by atoms with van der Waals surface area (Å²) in [5, 5.41) is 5.33. The molecule has 0 bridgehead atoms. The first-order valence-electron chi connectivity index (χ1n) is 8.76. The third kappa shape index (κ3) is 3.50. The number of nitrogens with one attached hydrogen (secondary N) is 1. The van der Waals surface area contributed by atoms with Gasteiger partial charge in [-0.3, -0.25) is 9.69 Å². The smallest absolute Gasteiger partial charge is 0.280 e. The van der Waals surface area contributed by atoms with E-state index in [1.807, 2.05) is 21.9 Å². The normalized spacial score (nSPS) is 25.7. The van der Waals surface area contributed by atoms with Gasteiger partial charge in [0, 0.05) is 24.5 Å². The monoisotopic (exact) mass is 381 g/mol. The van der Waals surface area contributed by atoms with Crippen LogP contribution in [0.25, 0.3) is 11.4 Å². The van der Waals surface area contributed by atoms with Crippen molar-refractivity contribution in [1.82, 2.24) is 24.8 Å². The van der Waals surface area contributed by atoms with Crippen molar-refractivity contribution < 1.29 is 13.6 Å². The lowest BCUT2D eigenvalue weighted by Crippen LogP contribution is -2.60. The van der Waals surface area contributed by atoms with Crippen molar-refractivity contribution in [2.45, 2.75) is 43.7 Å². The Labute approximate surface area is 154 Å². The average molecular weight is 381 g/mol. The highest BCUT2D eigenvalue weighted by molar-refractivity contribution is 7.12. The molecule has 0 spiro atoms. The Hall–Kier alpha value is -1.87. The average Bonchev–Trinajstić information content (AvgIpc) is 3.22. The summed E-state index contributed by atoms with van der Waals surface area (Å²) in [5.74, 6) is -2.68. The molecule has 0 radical (unpaired) electrons. The van der Waals surface area contributed by atoms with Gasteiger partial charge in [0.2, 0.25) is 0 Å². The zero-order chi connectivity index (χ0) is 18.3. The number of rotatable bonds is 4. The van der Waals surface area contributed by atoms with E-state index >= 15 is 0 Å². The van der Waals surface area contributed by atoms with Crippen molar-refractivity contribution in [3.63, 3.8) is 0 Å². The molecule has 1 N–H and O–H groups in total. The van der Waals surface area contributed by atoms with Crippen molar-refractivity contribution >= 4 is 17.2 Å². The molecule has 0 atom stereocenters. The fourth-order valence-electron chi connectivity index (χ4n) is 3.74. The number of thiazole rings is 1. The minimum absolute atomic E-state index is 0.0876. The number of carbonyl (C=O) groups is 1. The van der Waals surface area contributed by atoms with Gasteiger partial charge < -0.3 is 9.88 Å². The molecule has 2 aromatic rings. The second kappa shape index (κ2) is 6.70. The maximum absolute atomic E-state index is 13.0. The van der Waals surface area contributed by atoms with Crippen LogP contribution in [0.3, 0.4) is 0 Å².